The van der Waals surface area contributed by atoms with E-state index in [1.54, 1.807) is 0 Å². The van der Waals surface area contributed by atoms with Crippen molar-refractivity contribution in [1.82, 2.24) is 0 Å². The summed E-state index contributed by atoms with van der Waals surface area (Å²) in [5.41, 5.74) is 6.46. The van der Waals surface area contributed by atoms with Crippen molar-refractivity contribution < 1.29 is 0 Å². The average Bonchev–Trinajstić information content (AvgIpc) is 1.90. The second-order valence-electron chi connectivity index (χ2n) is 1.62. The summed E-state index contributed by atoms with van der Waals surface area (Å²) in [6.07, 6.45) is 0. The molecule has 0 bridgehead atoms. The van der Waals surface area contributed by atoms with E-state index in [2.05, 4.69) is 6.07 Å². The monoisotopic (exact) mass is 318 g/mol. The summed E-state index contributed by atoms with van der Waals surface area (Å²) >= 11 is 0. The summed E-state index contributed by atoms with van der Waals surface area (Å²) < 4.78 is 0. The Labute approximate surface area is 74.4 Å². The van der Waals surface area contributed by atoms with E-state index in [-0.39, 0.29) is 26.2 Å². The second-order valence-corrected chi connectivity index (χ2v) is 1.62. The molecule has 0 atom stereocenters. The molecule has 0 aliphatic rings. The molecule has 1 radical (unpaired) electrons. The number of hydrogen-bond acceptors (Lipinski definition) is 1. The molecule has 0 aliphatic carbocycles. The number of benzene rings is 1. The van der Waals surface area contributed by atoms with Crippen LogP contribution in [0.5, 0.6) is 0 Å². The molecule has 0 heterocycles. The standard InChI is InChI=1S/C7H8N.Bi.3H/c8-6-7-4-2-1-3-5-7;;;;/h1-2,4-5H,6,8H2;;;;. The summed E-state index contributed by atoms with van der Waals surface area (Å²) in [5.74, 6) is 0. The summed E-state index contributed by atoms with van der Waals surface area (Å²) in [4.78, 5) is 0. The summed E-state index contributed by atoms with van der Waals surface area (Å²) in [6.45, 7) is 0.608. The molecule has 0 fully saturated rings. The van der Waals surface area contributed by atoms with Gasteiger partial charge in [0.1, 0.15) is 0 Å². The number of nitrogens with two attached hydrogens (primary N) is 1. The van der Waals surface area contributed by atoms with Gasteiger partial charge in [-0.05, 0) is 17.7 Å². The van der Waals surface area contributed by atoms with Gasteiger partial charge in [0.15, 0.2) is 0 Å². The zero-order chi connectivity index (χ0) is 5.82. The Bertz CT molecular complexity index is 150. The molecule has 0 spiro atoms. The van der Waals surface area contributed by atoms with Crippen LogP contribution in [-0.2, 0) is 6.54 Å². The van der Waals surface area contributed by atoms with E-state index in [0.29, 0.717) is 6.54 Å². The molecule has 1 rings (SSSR count). The molecule has 2 N–H and O–H groups in total. The maximum atomic E-state index is 5.33. The topological polar surface area (TPSA) is 26.0 Å². The fourth-order valence-corrected chi connectivity index (χ4v) is 0.557. The van der Waals surface area contributed by atoms with Crippen molar-refractivity contribution in [2.75, 3.05) is 0 Å². The third-order valence-electron chi connectivity index (χ3n) is 1.01. The van der Waals surface area contributed by atoms with E-state index in [0.717, 1.165) is 5.56 Å². The van der Waals surface area contributed by atoms with E-state index >= 15 is 0 Å². The van der Waals surface area contributed by atoms with Crippen molar-refractivity contribution in [2.45, 2.75) is 6.54 Å². The first-order valence-corrected chi connectivity index (χ1v) is 2.58. The molecule has 0 aromatic heterocycles. The molecule has 1 aromatic carbocycles. The zero-order valence-electron chi connectivity index (χ0n) is 5.30. The first-order chi connectivity index (χ1) is 3.93. The summed E-state index contributed by atoms with van der Waals surface area (Å²) in [5, 5.41) is 0. The second kappa shape index (κ2) is 4.90. The van der Waals surface area contributed by atoms with Crippen molar-refractivity contribution in [1.29, 1.82) is 0 Å². The molecule has 0 saturated carbocycles. The predicted octanol–water partition coefficient (Wildman–Crippen LogP) is -0.238. The minimum absolute atomic E-state index is 0. The fraction of sp³-hybridized carbons (Fsp3) is 0.143. The Morgan fingerprint density at radius 1 is 1.56 bits per heavy atom. The molecule has 1 nitrogen and oxygen atoms in total. The predicted molar refractivity (Wildman–Crippen MR) is 43.1 cm³/mol. The van der Waals surface area contributed by atoms with Crippen LogP contribution in [0.1, 0.15) is 5.56 Å². The average molecular weight is 318 g/mol. The van der Waals surface area contributed by atoms with E-state index in [4.69, 9.17) is 5.73 Å². The van der Waals surface area contributed by atoms with Gasteiger partial charge in [0.25, 0.3) is 0 Å². The van der Waals surface area contributed by atoms with Crippen LogP contribution in [0, 0.1) is 6.07 Å². The SMILES string of the molecule is NCc1c[c]ccc1.[BiH3]. The van der Waals surface area contributed by atoms with Gasteiger partial charge in [0, 0.05) is 6.54 Å². The van der Waals surface area contributed by atoms with Crippen LogP contribution < -0.4 is 5.73 Å². The van der Waals surface area contributed by atoms with E-state index < -0.39 is 0 Å². The van der Waals surface area contributed by atoms with Gasteiger partial charge in [0.05, 0.1) is 0 Å². The van der Waals surface area contributed by atoms with Gasteiger partial charge in [-0.25, -0.2) is 0 Å². The van der Waals surface area contributed by atoms with Crippen molar-refractivity contribution >= 4 is 26.2 Å². The van der Waals surface area contributed by atoms with Crippen molar-refractivity contribution in [3.05, 3.63) is 35.9 Å². The van der Waals surface area contributed by atoms with Crippen LogP contribution >= 0.6 is 0 Å². The van der Waals surface area contributed by atoms with Gasteiger partial charge >= 0.3 is 26.2 Å². The molecule has 0 aliphatic heterocycles. The Morgan fingerprint density at radius 3 is 2.67 bits per heavy atom. The minimum atomic E-state index is 0. The summed E-state index contributed by atoms with van der Waals surface area (Å²) in [6, 6.07) is 10.6. The molecule has 0 saturated heterocycles. The van der Waals surface area contributed by atoms with E-state index in [9.17, 15) is 0 Å². The van der Waals surface area contributed by atoms with Crippen LogP contribution in [0.2, 0.25) is 0 Å². The Balaban J connectivity index is 0.000000640. The van der Waals surface area contributed by atoms with Gasteiger partial charge in [0.2, 0.25) is 0 Å². The molecule has 9 heavy (non-hydrogen) atoms. The fourth-order valence-electron chi connectivity index (χ4n) is 0.557. The normalized spacial score (nSPS) is 8.11. The van der Waals surface area contributed by atoms with Crippen molar-refractivity contribution in [3.8, 4) is 0 Å². The van der Waals surface area contributed by atoms with Crippen LogP contribution in [0.3, 0.4) is 0 Å². The van der Waals surface area contributed by atoms with E-state index in [1.807, 2.05) is 24.3 Å². The molecule has 1 aromatic rings. The van der Waals surface area contributed by atoms with E-state index in [1.165, 1.54) is 0 Å². The number of rotatable bonds is 1. The molecule has 0 amide bonds. The molecular formula is C7H11BiN. The van der Waals surface area contributed by atoms with Gasteiger partial charge in [-0.2, -0.15) is 0 Å². The van der Waals surface area contributed by atoms with Crippen LogP contribution in [-0.4, -0.2) is 26.2 Å². The van der Waals surface area contributed by atoms with Crippen LogP contribution in [0.15, 0.2) is 24.3 Å². The molecule has 0 unspecified atom stereocenters. The summed E-state index contributed by atoms with van der Waals surface area (Å²) in [7, 11) is 0. The zero-order valence-corrected chi connectivity index (χ0v) is 10.8. The van der Waals surface area contributed by atoms with Gasteiger partial charge in [-0.15, -0.1) is 0 Å². The quantitative estimate of drug-likeness (QED) is 0.711. The Morgan fingerprint density at radius 2 is 2.33 bits per heavy atom. The first-order valence-electron chi connectivity index (χ1n) is 2.58. The van der Waals surface area contributed by atoms with Crippen LogP contribution in [0.25, 0.3) is 0 Å². The Hall–Kier alpha value is 0.0631. The first kappa shape index (κ1) is 9.06. The molecular weight excluding hydrogens is 307 g/mol. The van der Waals surface area contributed by atoms with Gasteiger partial charge < -0.3 is 5.73 Å². The Kier molecular flexibility index (Phi) is 4.93. The van der Waals surface area contributed by atoms with Crippen LogP contribution in [0.4, 0.5) is 0 Å². The maximum absolute atomic E-state index is 5.33. The van der Waals surface area contributed by atoms with Gasteiger partial charge in [-0.3, -0.25) is 0 Å². The van der Waals surface area contributed by atoms with Crippen molar-refractivity contribution in [2.24, 2.45) is 5.73 Å². The molecule has 2 heteroatoms. The molecule has 49 valence electrons. The number of hydrogen-bond donors (Lipinski definition) is 1. The third kappa shape index (κ3) is 2.93. The third-order valence-corrected chi connectivity index (χ3v) is 1.01. The van der Waals surface area contributed by atoms with Crippen molar-refractivity contribution in [3.63, 3.8) is 0 Å². The van der Waals surface area contributed by atoms with Gasteiger partial charge in [-0.1, -0.05) is 18.2 Å².